The van der Waals surface area contributed by atoms with E-state index in [4.69, 9.17) is 0 Å². The molecule has 3 aromatic rings. The highest BCUT2D eigenvalue weighted by Gasteiger charge is 2.27. The number of fused-ring (bicyclic) bond motifs is 1. The second-order valence-corrected chi connectivity index (χ2v) is 6.09. The first kappa shape index (κ1) is 14.1. The van der Waals surface area contributed by atoms with Crippen molar-refractivity contribution < 1.29 is 0 Å². The average Bonchev–Trinajstić information content (AvgIpc) is 3.08. The van der Waals surface area contributed by atoms with Crippen LogP contribution in [0.3, 0.4) is 0 Å². The van der Waals surface area contributed by atoms with E-state index in [9.17, 15) is 0 Å². The summed E-state index contributed by atoms with van der Waals surface area (Å²) in [6, 6.07) is 6.02. The molecule has 0 radical (unpaired) electrons. The smallest absolute Gasteiger partial charge is 0.178 e. The summed E-state index contributed by atoms with van der Waals surface area (Å²) in [7, 11) is 1.94. The van der Waals surface area contributed by atoms with Crippen molar-refractivity contribution in [1.82, 2.24) is 34.9 Å². The van der Waals surface area contributed by atoms with E-state index in [1.807, 2.05) is 43.0 Å². The normalized spacial score (nSPS) is 15.3. The van der Waals surface area contributed by atoms with E-state index >= 15 is 0 Å². The molecule has 23 heavy (non-hydrogen) atoms. The Kier molecular flexibility index (Phi) is 3.45. The van der Waals surface area contributed by atoms with Crippen LogP contribution in [0.2, 0.25) is 0 Å². The van der Waals surface area contributed by atoms with E-state index in [0.717, 1.165) is 49.2 Å². The topological polar surface area (TPSA) is 76.2 Å². The number of nitrogens with one attached hydrogen (secondary N) is 1. The zero-order valence-corrected chi connectivity index (χ0v) is 13.3. The van der Waals surface area contributed by atoms with Gasteiger partial charge in [-0.25, -0.2) is 0 Å². The first-order valence-electron chi connectivity index (χ1n) is 7.82. The van der Waals surface area contributed by atoms with E-state index in [0.29, 0.717) is 5.92 Å². The third kappa shape index (κ3) is 2.77. The lowest BCUT2D eigenvalue weighted by atomic mass is 10.0. The van der Waals surface area contributed by atoms with Gasteiger partial charge in [-0.15, -0.1) is 15.3 Å². The summed E-state index contributed by atoms with van der Waals surface area (Å²) in [6.45, 7) is 5.78. The third-order valence-electron chi connectivity index (χ3n) is 4.19. The molecule has 1 N–H and O–H groups in total. The Morgan fingerprint density at radius 3 is 2.83 bits per heavy atom. The van der Waals surface area contributed by atoms with Crippen molar-refractivity contribution in [2.45, 2.75) is 13.5 Å². The molecule has 3 aromatic heterocycles. The molecule has 0 aliphatic carbocycles. The standard InChI is InChI=1S/C15H20N8/c1-11-17-18-14-3-4-15(20-23(11)14)22-9-12(10-22)7-16-8-13-5-6-21(2)19-13/h3-6,12,16H,7-10H2,1-2H3. The fourth-order valence-corrected chi connectivity index (χ4v) is 2.90. The van der Waals surface area contributed by atoms with Crippen LogP contribution in [0.1, 0.15) is 11.5 Å². The fraction of sp³-hybridized carbons (Fsp3) is 0.467. The molecule has 1 aliphatic heterocycles. The Morgan fingerprint density at radius 1 is 1.17 bits per heavy atom. The highest BCUT2D eigenvalue weighted by atomic mass is 15.4. The number of aryl methyl sites for hydroxylation is 2. The van der Waals surface area contributed by atoms with Crippen LogP contribution in [-0.4, -0.2) is 49.2 Å². The molecular weight excluding hydrogens is 292 g/mol. The minimum absolute atomic E-state index is 0.651. The second-order valence-electron chi connectivity index (χ2n) is 6.09. The van der Waals surface area contributed by atoms with Gasteiger partial charge in [-0.05, 0) is 25.1 Å². The average molecular weight is 312 g/mol. The van der Waals surface area contributed by atoms with Crippen LogP contribution >= 0.6 is 0 Å². The Labute approximate surface area is 134 Å². The molecule has 4 heterocycles. The summed E-state index contributed by atoms with van der Waals surface area (Å²) in [5.74, 6) is 2.45. The molecule has 0 amide bonds. The first-order valence-corrected chi connectivity index (χ1v) is 7.82. The molecule has 0 aromatic carbocycles. The maximum Gasteiger partial charge on any atom is 0.178 e. The number of anilines is 1. The largest absolute Gasteiger partial charge is 0.354 e. The van der Waals surface area contributed by atoms with Crippen LogP contribution in [-0.2, 0) is 13.6 Å². The summed E-state index contributed by atoms with van der Waals surface area (Å²) < 4.78 is 3.62. The molecule has 0 atom stereocenters. The molecular formula is C15H20N8. The van der Waals surface area contributed by atoms with Crippen molar-refractivity contribution in [2.24, 2.45) is 13.0 Å². The SMILES string of the molecule is Cc1nnc2ccc(N3CC(CNCc4ccn(C)n4)C3)nn12. The van der Waals surface area contributed by atoms with Crippen LogP contribution in [0.25, 0.3) is 5.65 Å². The number of hydrogen-bond acceptors (Lipinski definition) is 6. The van der Waals surface area contributed by atoms with E-state index in [-0.39, 0.29) is 0 Å². The number of rotatable bonds is 5. The van der Waals surface area contributed by atoms with Gasteiger partial charge in [0.25, 0.3) is 0 Å². The number of aromatic nitrogens is 6. The third-order valence-corrected chi connectivity index (χ3v) is 4.19. The molecule has 8 nitrogen and oxygen atoms in total. The van der Waals surface area contributed by atoms with Crippen LogP contribution in [0, 0.1) is 12.8 Å². The quantitative estimate of drug-likeness (QED) is 0.734. The van der Waals surface area contributed by atoms with Gasteiger partial charge in [0.1, 0.15) is 5.82 Å². The fourth-order valence-electron chi connectivity index (χ4n) is 2.90. The van der Waals surface area contributed by atoms with Crippen LogP contribution in [0.5, 0.6) is 0 Å². The number of nitrogens with zero attached hydrogens (tertiary/aromatic N) is 7. The Hall–Kier alpha value is -2.48. The van der Waals surface area contributed by atoms with Gasteiger partial charge in [0, 0.05) is 45.3 Å². The van der Waals surface area contributed by atoms with Crippen molar-refractivity contribution in [1.29, 1.82) is 0 Å². The maximum absolute atomic E-state index is 4.61. The lowest BCUT2D eigenvalue weighted by Crippen LogP contribution is -2.51. The van der Waals surface area contributed by atoms with Gasteiger partial charge in [-0.1, -0.05) is 0 Å². The zero-order valence-electron chi connectivity index (χ0n) is 13.3. The van der Waals surface area contributed by atoms with Crippen molar-refractivity contribution >= 4 is 11.5 Å². The molecule has 0 saturated carbocycles. The highest BCUT2D eigenvalue weighted by molar-refractivity contribution is 5.47. The lowest BCUT2D eigenvalue weighted by molar-refractivity contribution is 0.380. The lowest BCUT2D eigenvalue weighted by Gasteiger charge is -2.40. The van der Waals surface area contributed by atoms with Gasteiger partial charge in [0.15, 0.2) is 11.5 Å². The van der Waals surface area contributed by atoms with Crippen LogP contribution < -0.4 is 10.2 Å². The summed E-state index contributed by atoms with van der Waals surface area (Å²) in [4.78, 5) is 2.28. The van der Waals surface area contributed by atoms with Gasteiger partial charge >= 0.3 is 0 Å². The number of hydrogen-bond donors (Lipinski definition) is 1. The first-order chi connectivity index (χ1) is 11.2. The maximum atomic E-state index is 4.61. The molecule has 4 rings (SSSR count). The van der Waals surface area contributed by atoms with Gasteiger partial charge < -0.3 is 10.2 Å². The van der Waals surface area contributed by atoms with Crippen LogP contribution in [0.15, 0.2) is 24.4 Å². The molecule has 0 unspecified atom stereocenters. The van der Waals surface area contributed by atoms with E-state index < -0.39 is 0 Å². The molecule has 1 aliphatic rings. The van der Waals surface area contributed by atoms with E-state index in [1.165, 1.54) is 0 Å². The molecule has 1 fully saturated rings. The van der Waals surface area contributed by atoms with Gasteiger partial charge in [0.05, 0.1) is 5.69 Å². The summed E-state index contributed by atoms with van der Waals surface area (Å²) in [6.07, 6.45) is 1.97. The molecule has 0 spiro atoms. The minimum atomic E-state index is 0.651. The summed E-state index contributed by atoms with van der Waals surface area (Å²) in [5.41, 5.74) is 1.87. The van der Waals surface area contributed by atoms with Gasteiger partial charge in [0.2, 0.25) is 0 Å². The Balaban J connectivity index is 1.29. The van der Waals surface area contributed by atoms with Gasteiger partial charge in [-0.3, -0.25) is 4.68 Å². The minimum Gasteiger partial charge on any atom is -0.354 e. The van der Waals surface area contributed by atoms with Crippen molar-refractivity contribution in [2.75, 3.05) is 24.5 Å². The Bertz CT molecular complexity index is 814. The highest BCUT2D eigenvalue weighted by Crippen LogP contribution is 2.22. The van der Waals surface area contributed by atoms with Crippen LogP contribution in [0.4, 0.5) is 5.82 Å². The van der Waals surface area contributed by atoms with Crippen molar-refractivity contribution in [3.05, 3.63) is 35.9 Å². The predicted molar refractivity (Wildman–Crippen MR) is 86.1 cm³/mol. The van der Waals surface area contributed by atoms with Gasteiger partial charge in [-0.2, -0.15) is 9.61 Å². The van der Waals surface area contributed by atoms with E-state index in [2.05, 4.69) is 30.6 Å². The molecule has 1 saturated heterocycles. The molecule has 0 bridgehead atoms. The monoisotopic (exact) mass is 312 g/mol. The van der Waals surface area contributed by atoms with Crippen molar-refractivity contribution in [3.8, 4) is 0 Å². The summed E-state index contributed by atoms with van der Waals surface area (Å²) in [5, 5.41) is 20.6. The second kappa shape index (κ2) is 5.62. The predicted octanol–water partition coefficient (Wildman–Crippen LogP) is 0.392. The zero-order chi connectivity index (χ0) is 15.8. The molecule has 120 valence electrons. The summed E-state index contributed by atoms with van der Waals surface area (Å²) >= 11 is 0. The molecule has 8 heteroatoms. The Morgan fingerprint density at radius 2 is 2.04 bits per heavy atom. The van der Waals surface area contributed by atoms with Crippen molar-refractivity contribution in [3.63, 3.8) is 0 Å². The van der Waals surface area contributed by atoms with E-state index in [1.54, 1.807) is 4.52 Å².